The molecule has 0 saturated carbocycles. The van der Waals surface area contributed by atoms with Crippen molar-refractivity contribution in [3.8, 4) is 5.75 Å². The predicted octanol–water partition coefficient (Wildman–Crippen LogP) is 6.41. The standard InChI is InChI=1S/C36H40ClN3O5S/c1-4-5-21-38-36(42)34(24-28-13-8-6-9-14-28)39(25-29-15-12-16-31(23-29)45-3)35(41)26-40(33-20-19-30(37)22-27(33)2)46(43,44)32-17-10-7-11-18-32/h6-20,22-23,34H,4-5,21,24-26H2,1-3H3,(H,38,42). The molecule has 0 aliphatic rings. The van der Waals surface area contributed by atoms with Gasteiger partial charge in [0.1, 0.15) is 18.3 Å². The molecule has 4 aromatic rings. The summed E-state index contributed by atoms with van der Waals surface area (Å²) in [6.07, 6.45) is 1.91. The Hall–Kier alpha value is -4.34. The zero-order valence-electron chi connectivity index (χ0n) is 26.4. The van der Waals surface area contributed by atoms with Gasteiger partial charge in [0.25, 0.3) is 10.0 Å². The minimum Gasteiger partial charge on any atom is -0.497 e. The van der Waals surface area contributed by atoms with E-state index in [0.717, 1.165) is 28.3 Å². The molecule has 1 N–H and O–H groups in total. The van der Waals surface area contributed by atoms with Crippen LogP contribution in [-0.4, -0.2) is 51.4 Å². The van der Waals surface area contributed by atoms with Gasteiger partial charge in [-0.2, -0.15) is 0 Å². The van der Waals surface area contributed by atoms with Crippen LogP contribution in [0.5, 0.6) is 5.75 Å². The van der Waals surface area contributed by atoms with E-state index in [2.05, 4.69) is 5.32 Å². The number of sulfonamides is 1. The lowest BCUT2D eigenvalue weighted by Gasteiger charge is -2.34. The molecule has 0 aliphatic carbocycles. The Labute approximate surface area is 277 Å². The summed E-state index contributed by atoms with van der Waals surface area (Å²) >= 11 is 6.23. The number of benzene rings is 4. The molecule has 0 radical (unpaired) electrons. The van der Waals surface area contributed by atoms with E-state index in [0.29, 0.717) is 28.6 Å². The maximum absolute atomic E-state index is 14.6. The minimum absolute atomic E-state index is 0.0367. The summed E-state index contributed by atoms with van der Waals surface area (Å²) in [5.74, 6) is -0.251. The zero-order valence-corrected chi connectivity index (χ0v) is 27.9. The van der Waals surface area contributed by atoms with Crippen LogP contribution in [0.15, 0.2) is 108 Å². The van der Waals surface area contributed by atoms with Crippen molar-refractivity contribution in [3.63, 3.8) is 0 Å². The Kier molecular flexibility index (Phi) is 12.2. The number of carbonyl (C=O) groups is 2. The van der Waals surface area contributed by atoms with Gasteiger partial charge in [-0.3, -0.25) is 13.9 Å². The van der Waals surface area contributed by atoms with Crippen LogP contribution in [0.25, 0.3) is 0 Å². The van der Waals surface area contributed by atoms with E-state index >= 15 is 0 Å². The quantitative estimate of drug-likeness (QED) is 0.149. The van der Waals surface area contributed by atoms with E-state index in [9.17, 15) is 18.0 Å². The molecule has 4 aromatic carbocycles. The van der Waals surface area contributed by atoms with Crippen LogP contribution in [0.4, 0.5) is 5.69 Å². The van der Waals surface area contributed by atoms with Gasteiger partial charge in [0, 0.05) is 24.5 Å². The number of halogens is 1. The maximum atomic E-state index is 14.6. The molecule has 2 amide bonds. The van der Waals surface area contributed by atoms with Gasteiger partial charge in [0.2, 0.25) is 11.8 Å². The fraction of sp³-hybridized carbons (Fsp3) is 0.278. The first kappa shape index (κ1) is 34.5. The second-order valence-electron chi connectivity index (χ2n) is 11.0. The Bertz CT molecular complexity index is 1720. The molecule has 0 aromatic heterocycles. The SMILES string of the molecule is CCCCNC(=O)C(Cc1ccccc1)N(Cc1cccc(OC)c1)C(=O)CN(c1ccc(Cl)cc1C)S(=O)(=O)c1ccccc1. The second-order valence-corrected chi connectivity index (χ2v) is 13.3. The molecule has 1 unspecified atom stereocenters. The van der Waals surface area contributed by atoms with Crippen LogP contribution >= 0.6 is 11.6 Å². The summed E-state index contributed by atoms with van der Waals surface area (Å²) < 4.78 is 34.9. The molecule has 0 fully saturated rings. The van der Waals surface area contributed by atoms with Crippen molar-refractivity contribution >= 4 is 39.1 Å². The lowest BCUT2D eigenvalue weighted by Crippen LogP contribution is -2.53. The monoisotopic (exact) mass is 661 g/mol. The molecule has 0 saturated heterocycles. The Morgan fingerprint density at radius 1 is 0.891 bits per heavy atom. The molecule has 1 atom stereocenters. The van der Waals surface area contributed by atoms with E-state index in [1.54, 1.807) is 62.6 Å². The van der Waals surface area contributed by atoms with Gasteiger partial charge < -0.3 is 15.0 Å². The number of hydrogen-bond donors (Lipinski definition) is 1. The van der Waals surface area contributed by atoms with Gasteiger partial charge in [-0.15, -0.1) is 0 Å². The summed E-state index contributed by atoms with van der Waals surface area (Å²) in [6.45, 7) is 3.74. The molecule has 0 spiro atoms. The number of aryl methyl sites for hydroxylation is 1. The molecular formula is C36H40ClN3O5S. The molecular weight excluding hydrogens is 622 g/mol. The summed E-state index contributed by atoms with van der Waals surface area (Å²) in [7, 11) is -2.64. The number of rotatable bonds is 15. The van der Waals surface area contributed by atoms with Crippen LogP contribution < -0.4 is 14.4 Å². The Balaban J connectivity index is 1.81. The highest BCUT2D eigenvalue weighted by Gasteiger charge is 2.35. The molecule has 242 valence electrons. The predicted molar refractivity (Wildman–Crippen MR) is 183 cm³/mol. The summed E-state index contributed by atoms with van der Waals surface area (Å²) in [4.78, 5) is 30.0. The number of ether oxygens (including phenoxy) is 1. The fourth-order valence-corrected chi connectivity index (χ4v) is 6.89. The minimum atomic E-state index is -4.20. The van der Waals surface area contributed by atoms with Gasteiger partial charge in [-0.05, 0) is 72.5 Å². The number of hydrogen-bond acceptors (Lipinski definition) is 5. The highest BCUT2D eigenvalue weighted by Crippen LogP contribution is 2.30. The maximum Gasteiger partial charge on any atom is 0.264 e. The van der Waals surface area contributed by atoms with E-state index in [1.807, 2.05) is 49.4 Å². The van der Waals surface area contributed by atoms with E-state index in [1.165, 1.54) is 17.0 Å². The van der Waals surface area contributed by atoms with Crippen molar-refractivity contribution in [2.24, 2.45) is 0 Å². The van der Waals surface area contributed by atoms with Crippen LogP contribution in [0.2, 0.25) is 5.02 Å². The van der Waals surface area contributed by atoms with Crippen LogP contribution in [0, 0.1) is 6.92 Å². The number of carbonyl (C=O) groups excluding carboxylic acids is 2. The lowest BCUT2D eigenvalue weighted by molar-refractivity contribution is -0.140. The third kappa shape index (κ3) is 8.89. The molecule has 46 heavy (non-hydrogen) atoms. The van der Waals surface area contributed by atoms with E-state index in [4.69, 9.17) is 16.3 Å². The normalized spacial score (nSPS) is 11.8. The number of nitrogens with one attached hydrogen (secondary N) is 1. The van der Waals surface area contributed by atoms with E-state index in [-0.39, 0.29) is 23.8 Å². The lowest BCUT2D eigenvalue weighted by atomic mass is 10.0. The molecule has 10 heteroatoms. The van der Waals surface area contributed by atoms with Gasteiger partial charge >= 0.3 is 0 Å². The summed E-state index contributed by atoms with van der Waals surface area (Å²) in [5, 5.41) is 3.44. The molecule has 0 heterocycles. The first-order valence-corrected chi connectivity index (χ1v) is 17.0. The van der Waals surface area contributed by atoms with Crippen molar-refractivity contribution in [3.05, 3.63) is 125 Å². The van der Waals surface area contributed by atoms with Gasteiger partial charge in [0.15, 0.2) is 0 Å². The Morgan fingerprint density at radius 2 is 1.57 bits per heavy atom. The fourth-order valence-electron chi connectivity index (χ4n) is 5.16. The molecule has 0 bridgehead atoms. The van der Waals surface area contributed by atoms with Crippen molar-refractivity contribution in [2.75, 3.05) is 24.5 Å². The summed E-state index contributed by atoms with van der Waals surface area (Å²) in [5.41, 5.74) is 2.49. The van der Waals surface area contributed by atoms with Crippen LogP contribution in [0.1, 0.15) is 36.5 Å². The largest absolute Gasteiger partial charge is 0.497 e. The average Bonchev–Trinajstić information content (AvgIpc) is 3.06. The number of methoxy groups -OCH3 is 1. The molecule has 4 rings (SSSR count). The molecule has 0 aliphatic heterocycles. The third-order valence-electron chi connectivity index (χ3n) is 7.63. The smallest absolute Gasteiger partial charge is 0.264 e. The van der Waals surface area contributed by atoms with Gasteiger partial charge in [-0.25, -0.2) is 8.42 Å². The topological polar surface area (TPSA) is 96.0 Å². The summed E-state index contributed by atoms with van der Waals surface area (Å²) in [6, 6.07) is 28.6. The van der Waals surface area contributed by atoms with Crippen LogP contribution in [0.3, 0.4) is 0 Å². The van der Waals surface area contributed by atoms with Crippen molar-refractivity contribution in [2.45, 2.75) is 50.6 Å². The first-order chi connectivity index (χ1) is 22.1. The van der Waals surface area contributed by atoms with Gasteiger partial charge in [0.05, 0.1) is 17.7 Å². The number of amides is 2. The third-order valence-corrected chi connectivity index (χ3v) is 9.63. The van der Waals surface area contributed by atoms with Crippen molar-refractivity contribution < 1.29 is 22.7 Å². The number of unbranched alkanes of at least 4 members (excludes halogenated alkanes) is 1. The van der Waals surface area contributed by atoms with E-state index < -0.39 is 28.5 Å². The molecule has 8 nitrogen and oxygen atoms in total. The second kappa shape index (κ2) is 16.3. The Morgan fingerprint density at radius 3 is 2.22 bits per heavy atom. The van der Waals surface area contributed by atoms with Crippen LogP contribution in [-0.2, 0) is 32.6 Å². The van der Waals surface area contributed by atoms with Gasteiger partial charge in [-0.1, -0.05) is 85.6 Å². The highest BCUT2D eigenvalue weighted by molar-refractivity contribution is 7.92. The zero-order chi connectivity index (χ0) is 33.1. The average molecular weight is 662 g/mol. The number of nitrogens with zero attached hydrogens (tertiary/aromatic N) is 2. The highest BCUT2D eigenvalue weighted by atomic mass is 35.5. The van der Waals surface area contributed by atoms with Crippen molar-refractivity contribution in [1.82, 2.24) is 10.2 Å². The van der Waals surface area contributed by atoms with Crippen molar-refractivity contribution in [1.29, 1.82) is 0 Å². The number of anilines is 1. The first-order valence-electron chi connectivity index (χ1n) is 15.2.